The first-order valence-corrected chi connectivity index (χ1v) is 9.78. The van der Waals surface area contributed by atoms with Crippen LogP contribution in [-0.2, 0) is 9.47 Å². The zero-order valence-corrected chi connectivity index (χ0v) is 19.0. The van der Waals surface area contributed by atoms with Crippen LogP contribution in [0.15, 0.2) is 24.3 Å². The van der Waals surface area contributed by atoms with Crippen molar-refractivity contribution in [2.24, 2.45) is 0 Å². The average molecular weight is 435 g/mol. The molecular formula is C22H27ClN2O5. The molecule has 1 aromatic carbocycles. The molecule has 0 spiro atoms. The number of nitrogens with one attached hydrogen (secondary N) is 1. The van der Waals surface area contributed by atoms with E-state index in [4.69, 9.17) is 25.8 Å². The summed E-state index contributed by atoms with van der Waals surface area (Å²) in [5.74, 6) is -0.0503. The van der Waals surface area contributed by atoms with Crippen LogP contribution in [0.5, 0.6) is 5.75 Å². The Morgan fingerprint density at radius 3 is 2.43 bits per heavy atom. The largest absolute Gasteiger partial charge is 0.496 e. The van der Waals surface area contributed by atoms with Gasteiger partial charge in [-0.3, -0.25) is 0 Å². The smallest absolute Gasteiger partial charge is 0.408 e. The molecule has 1 atom stereocenters. The number of hydrogen-bond donors (Lipinski definition) is 1. The Morgan fingerprint density at radius 2 is 1.87 bits per heavy atom. The van der Waals surface area contributed by atoms with Gasteiger partial charge >= 0.3 is 12.1 Å². The van der Waals surface area contributed by atoms with Crippen molar-refractivity contribution in [3.8, 4) is 17.0 Å². The molecule has 1 amide bonds. The number of carbonyl (C=O) groups excluding carboxylic acids is 2. The molecule has 0 aliphatic heterocycles. The molecule has 1 N–H and O–H groups in total. The number of rotatable bonds is 5. The summed E-state index contributed by atoms with van der Waals surface area (Å²) in [4.78, 5) is 28.5. The van der Waals surface area contributed by atoms with Crippen molar-refractivity contribution in [3.05, 3.63) is 46.1 Å². The summed E-state index contributed by atoms with van der Waals surface area (Å²) >= 11 is 6.50. The number of halogens is 1. The second kappa shape index (κ2) is 9.34. The summed E-state index contributed by atoms with van der Waals surface area (Å²) in [6, 6.07) is 6.30. The summed E-state index contributed by atoms with van der Waals surface area (Å²) in [7, 11) is 2.82. The van der Waals surface area contributed by atoms with Crippen molar-refractivity contribution in [2.45, 2.75) is 46.3 Å². The highest BCUT2D eigenvalue weighted by atomic mass is 35.5. The number of methoxy groups -OCH3 is 2. The van der Waals surface area contributed by atoms with E-state index >= 15 is 0 Å². The summed E-state index contributed by atoms with van der Waals surface area (Å²) in [5.41, 5.74) is 2.06. The first kappa shape index (κ1) is 23.5. The van der Waals surface area contributed by atoms with Gasteiger partial charge in [0.15, 0.2) is 0 Å². The maximum atomic E-state index is 12.2. The second-order valence-electron chi connectivity index (χ2n) is 7.75. The fraction of sp³-hybridized carbons (Fsp3) is 0.409. The monoisotopic (exact) mass is 434 g/mol. The summed E-state index contributed by atoms with van der Waals surface area (Å²) < 4.78 is 15.8. The van der Waals surface area contributed by atoms with Gasteiger partial charge in [0, 0.05) is 16.1 Å². The van der Waals surface area contributed by atoms with E-state index < -0.39 is 23.7 Å². The van der Waals surface area contributed by atoms with Crippen molar-refractivity contribution < 1.29 is 23.8 Å². The third kappa shape index (κ3) is 5.42. The Hall–Kier alpha value is -2.80. The van der Waals surface area contributed by atoms with Crippen LogP contribution in [0.2, 0.25) is 5.02 Å². The molecule has 1 heterocycles. The second-order valence-corrected chi connectivity index (χ2v) is 8.16. The van der Waals surface area contributed by atoms with Crippen molar-refractivity contribution >= 4 is 23.7 Å². The number of amides is 1. The van der Waals surface area contributed by atoms with Crippen LogP contribution < -0.4 is 10.1 Å². The number of ether oxygens (including phenoxy) is 3. The van der Waals surface area contributed by atoms with Crippen LogP contribution in [0.25, 0.3) is 11.3 Å². The highest BCUT2D eigenvalue weighted by Crippen LogP contribution is 2.41. The van der Waals surface area contributed by atoms with Gasteiger partial charge in [0.2, 0.25) is 0 Å². The molecule has 0 bridgehead atoms. The summed E-state index contributed by atoms with van der Waals surface area (Å²) in [6.07, 6.45) is -0.555. The van der Waals surface area contributed by atoms with E-state index in [9.17, 15) is 9.59 Å². The third-order valence-corrected chi connectivity index (χ3v) is 4.70. The van der Waals surface area contributed by atoms with Crippen molar-refractivity contribution in [1.29, 1.82) is 0 Å². The number of benzene rings is 1. The quantitative estimate of drug-likeness (QED) is 0.659. The molecule has 2 rings (SSSR count). The van der Waals surface area contributed by atoms with Gasteiger partial charge in [-0.05, 0) is 58.4 Å². The molecule has 30 heavy (non-hydrogen) atoms. The predicted molar refractivity (Wildman–Crippen MR) is 115 cm³/mol. The van der Waals surface area contributed by atoms with Gasteiger partial charge in [0.05, 0.1) is 26.0 Å². The molecule has 0 aliphatic rings. The van der Waals surface area contributed by atoms with E-state index in [1.807, 2.05) is 6.92 Å². The average Bonchev–Trinajstić information content (AvgIpc) is 2.67. The predicted octanol–water partition coefficient (Wildman–Crippen LogP) is 5.09. The Balaban J connectivity index is 2.55. The molecule has 0 aliphatic carbocycles. The first-order chi connectivity index (χ1) is 14.0. The van der Waals surface area contributed by atoms with Crippen LogP contribution in [0.4, 0.5) is 4.79 Å². The lowest BCUT2D eigenvalue weighted by molar-refractivity contribution is 0.0506. The van der Waals surface area contributed by atoms with Crippen molar-refractivity contribution in [3.63, 3.8) is 0 Å². The van der Waals surface area contributed by atoms with Crippen molar-refractivity contribution in [2.75, 3.05) is 14.2 Å². The lowest BCUT2D eigenvalue weighted by Gasteiger charge is -2.24. The molecule has 8 heteroatoms. The number of pyridine rings is 1. The maximum Gasteiger partial charge on any atom is 0.408 e. The zero-order chi connectivity index (χ0) is 22.6. The lowest BCUT2D eigenvalue weighted by atomic mass is 9.96. The van der Waals surface area contributed by atoms with Gasteiger partial charge in [-0.15, -0.1) is 0 Å². The fourth-order valence-electron chi connectivity index (χ4n) is 2.95. The molecule has 0 saturated carbocycles. The standard InChI is InChI=1S/C22H27ClN2O5/c1-12-15(23)11-14(13(2)24-21(27)30-22(3,4)5)19(28-6)18(12)16-9-8-10-17(25-16)20(26)29-7/h8-11,13H,1-7H3,(H,24,27). The molecule has 1 aromatic heterocycles. The number of nitrogens with zero attached hydrogens (tertiary/aromatic N) is 1. The van der Waals surface area contributed by atoms with E-state index in [0.29, 0.717) is 27.6 Å². The van der Waals surface area contributed by atoms with Gasteiger partial charge in [-0.25, -0.2) is 14.6 Å². The Kier molecular flexibility index (Phi) is 7.31. The molecule has 0 fully saturated rings. The Bertz CT molecular complexity index is 953. The van der Waals surface area contributed by atoms with E-state index in [-0.39, 0.29) is 5.69 Å². The van der Waals surface area contributed by atoms with Gasteiger partial charge in [0.1, 0.15) is 17.0 Å². The summed E-state index contributed by atoms with van der Waals surface area (Å²) in [5, 5.41) is 3.27. The normalized spacial score (nSPS) is 12.1. The minimum absolute atomic E-state index is 0.165. The van der Waals surface area contributed by atoms with Crippen LogP contribution in [0, 0.1) is 6.92 Å². The number of esters is 1. The van der Waals surface area contributed by atoms with Crippen LogP contribution in [0.1, 0.15) is 55.4 Å². The van der Waals surface area contributed by atoms with E-state index in [0.717, 1.165) is 5.56 Å². The first-order valence-electron chi connectivity index (χ1n) is 9.40. The summed E-state index contributed by atoms with van der Waals surface area (Å²) in [6.45, 7) is 9.01. The van der Waals surface area contributed by atoms with Crippen molar-refractivity contribution in [1.82, 2.24) is 10.3 Å². The maximum absolute atomic E-state index is 12.2. The van der Waals surface area contributed by atoms with Gasteiger partial charge in [-0.1, -0.05) is 17.7 Å². The van der Waals surface area contributed by atoms with E-state index in [2.05, 4.69) is 10.3 Å². The van der Waals surface area contributed by atoms with Crippen LogP contribution in [0.3, 0.4) is 0 Å². The molecular weight excluding hydrogens is 408 g/mol. The van der Waals surface area contributed by atoms with E-state index in [1.165, 1.54) is 14.2 Å². The number of hydrogen-bond acceptors (Lipinski definition) is 6. The number of alkyl carbamates (subject to hydrolysis) is 1. The molecule has 0 saturated heterocycles. The SMILES string of the molecule is COC(=O)c1cccc(-c2c(C)c(Cl)cc(C(C)NC(=O)OC(C)(C)C)c2OC)n1. The molecule has 7 nitrogen and oxygen atoms in total. The van der Waals surface area contributed by atoms with Gasteiger partial charge in [0.25, 0.3) is 0 Å². The van der Waals surface area contributed by atoms with Crippen LogP contribution in [-0.4, -0.2) is 36.9 Å². The van der Waals surface area contributed by atoms with Gasteiger partial charge in [-0.2, -0.15) is 0 Å². The highest BCUT2D eigenvalue weighted by molar-refractivity contribution is 6.32. The minimum atomic E-state index is -0.623. The van der Waals surface area contributed by atoms with Crippen LogP contribution >= 0.6 is 11.6 Å². The fourth-order valence-corrected chi connectivity index (χ4v) is 3.16. The molecule has 1 unspecified atom stereocenters. The Morgan fingerprint density at radius 1 is 1.20 bits per heavy atom. The van der Waals surface area contributed by atoms with E-state index in [1.54, 1.807) is 52.0 Å². The number of aromatic nitrogens is 1. The number of carbonyl (C=O) groups is 2. The molecule has 2 aromatic rings. The topological polar surface area (TPSA) is 86.8 Å². The molecule has 0 radical (unpaired) electrons. The lowest BCUT2D eigenvalue weighted by Crippen LogP contribution is -2.34. The molecule has 162 valence electrons. The third-order valence-electron chi connectivity index (χ3n) is 4.31. The zero-order valence-electron chi connectivity index (χ0n) is 18.3. The highest BCUT2D eigenvalue weighted by Gasteiger charge is 2.25. The minimum Gasteiger partial charge on any atom is -0.496 e. The van der Waals surface area contributed by atoms with Gasteiger partial charge < -0.3 is 19.5 Å². The Labute approximate surface area is 181 Å².